The average molecular weight is 369 g/mol. The molecule has 1 fully saturated rings. The van der Waals surface area contributed by atoms with Gasteiger partial charge >= 0.3 is 0 Å². The molecule has 1 aliphatic rings. The summed E-state index contributed by atoms with van der Waals surface area (Å²) in [5.41, 5.74) is 0.616. The number of hydrogen-bond donors (Lipinski definition) is 0. The van der Waals surface area contributed by atoms with E-state index in [9.17, 15) is 9.59 Å². The number of likely N-dealkylation sites (tertiary alicyclic amines) is 1. The Labute approximate surface area is 160 Å². The minimum Gasteiger partial charge on any atom is -0.497 e. The third-order valence-electron chi connectivity index (χ3n) is 5.21. The molecule has 1 aromatic heterocycles. The first kappa shape index (κ1) is 19.1. The molecule has 0 radical (unpaired) electrons. The Balaban J connectivity index is 1.55. The topological polar surface area (TPSA) is 64.4 Å². The molecule has 0 bridgehead atoms. The van der Waals surface area contributed by atoms with E-state index < -0.39 is 0 Å². The number of Topliss-reactive ketones (excluding diaryl/α,β-unsaturated/α-hetero) is 1. The van der Waals surface area contributed by atoms with Crippen LogP contribution in [-0.2, 0) is 11.3 Å². The summed E-state index contributed by atoms with van der Waals surface area (Å²) in [5.74, 6) is 2.09. The molecule has 2 aromatic rings. The molecule has 144 valence electrons. The number of ether oxygens (including phenoxy) is 1. The monoisotopic (exact) mass is 369 g/mol. The van der Waals surface area contributed by atoms with E-state index in [0.717, 1.165) is 31.8 Å². The van der Waals surface area contributed by atoms with Gasteiger partial charge in [-0.15, -0.1) is 0 Å². The maximum absolute atomic E-state index is 12.6. The van der Waals surface area contributed by atoms with E-state index in [1.807, 2.05) is 17.3 Å². The lowest BCUT2D eigenvalue weighted by Gasteiger charge is -2.32. The van der Waals surface area contributed by atoms with Crippen LogP contribution < -0.4 is 4.74 Å². The number of nitrogens with zero attached hydrogens (tertiary/aromatic N) is 3. The standard InChI is InChI=1S/C21H27N3O3/c1-3-23-14-12-22-21(23)17-5-4-13-24(15-17)20(26)11-10-19(25)16-6-8-18(27-2)9-7-16/h6-9,12,14,17H,3-5,10-11,13,15H2,1-2H3. The van der Waals surface area contributed by atoms with E-state index in [1.165, 1.54) is 0 Å². The van der Waals surface area contributed by atoms with Crippen molar-refractivity contribution in [3.8, 4) is 5.75 Å². The number of ketones is 1. The number of aryl methyl sites for hydroxylation is 1. The first-order chi connectivity index (χ1) is 13.1. The average Bonchev–Trinajstić information content (AvgIpc) is 3.21. The molecule has 1 amide bonds. The van der Waals surface area contributed by atoms with Crippen molar-refractivity contribution in [1.82, 2.24) is 14.5 Å². The highest BCUT2D eigenvalue weighted by molar-refractivity contribution is 5.98. The van der Waals surface area contributed by atoms with Gasteiger partial charge in [-0.25, -0.2) is 4.98 Å². The maximum Gasteiger partial charge on any atom is 0.223 e. The lowest BCUT2D eigenvalue weighted by atomic mass is 9.96. The van der Waals surface area contributed by atoms with Crippen LogP contribution in [0.1, 0.15) is 54.7 Å². The molecule has 0 aliphatic carbocycles. The number of hydrogen-bond acceptors (Lipinski definition) is 4. The lowest BCUT2D eigenvalue weighted by molar-refractivity contribution is -0.132. The fourth-order valence-electron chi connectivity index (χ4n) is 3.66. The Morgan fingerprint density at radius 3 is 2.70 bits per heavy atom. The molecule has 1 unspecified atom stereocenters. The van der Waals surface area contributed by atoms with Gasteiger partial charge in [-0.2, -0.15) is 0 Å². The summed E-state index contributed by atoms with van der Waals surface area (Å²) in [7, 11) is 1.59. The van der Waals surface area contributed by atoms with E-state index in [-0.39, 0.29) is 30.4 Å². The van der Waals surface area contributed by atoms with Crippen molar-refractivity contribution in [2.45, 2.75) is 45.1 Å². The molecule has 0 saturated carbocycles. The Bertz CT molecular complexity index is 782. The molecular formula is C21H27N3O3. The Morgan fingerprint density at radius 2 is 2.00 bits per heavy atom. The first-order valence-electron chi connectivity index (χ1n) is 9.58. The number of carbonyl (C=O) groups is 2. The van der Waals surface area contributed by atoms with Crippen molar-refractivity contribution >= 4 is 11.7 Å². The van der Waals surface area contributed by atoms with Gasteiger partial charge in [0, 0.05) is 56.4 Å². The second-order valence-corrected chi connectivity index (χ2v) is 6.90. The van der Waals surface area contributed by atoms with E-state index >= 15 is 0 Å². The molecule has 0 N–H and O–H groups in total. The van der Waals surface area contributed by atoms with Crippen LogP contribution in [0.3, 0.4) is 0 Å². The maximum atomic E-state index is 12.6. The summed E-state index contributed by atoms with van der Waals surface area (Å²) >= 11 is 0. The molecule has 1 aromatic carbocycles. The number of methoxy groups -OCH3 is 1. The van der Waals surface area contributed by atoms with E-state index in [1.54, 1.807) is 31.4 Å². The molecule has 6 nitrogen and oxygen atoms in total. The largest absolute Gasteiger partial charge is 0.497 e. The predicted molar refractivity (Wildman–Crippen MR) is 103 cm³/mol. The zero-order valence-electron chi connectivity index (χ0n) is 16.1. The van der Waals surface area contributed by atoms with Crippen molar-refractivity contribution in [2.75, 3.05) is 20.2 Å². The summed E-state index contributed by atoms with van der Waals surface area (Å²) in [6.45, 7) is 4.43. The third-order valence-corrected chi connectivity index (χ3v) is 5.21. The van der Waals surface area contributed by atoms with E-state index in [4.69, 9.17) is 4.74 Å². The smallest absolute Gasteiger partial charge is 0.223 e. The SMILES string of the molecule is CCn1ccnc1C1CCCN(C(=O)CCC(=O)c2ccc(OC)cc2)C1. The Morgan fingerprint density at radius 1 is 1.22 bits per heavy atom. The lowest BCUT2D eigenvalue weighted by Crippen LogP contribution is -2.39. The highest BCUT2D eigenvalue weighted by Crippen LogP contribution is 2.26. The normalized spacial score (nSPS) is 17.0. The number of aromatic nitrogens is 2. The molecular weight excluding hydrogens is 342 g/mol. The number of carbonyl (C=O) groups excluding carboxylic acids is 2. The summed E-state index contributed by atoms with van der Waals surface area (Å²) in [5, 5.41) is 0. The number of imidazole rings is 1. The number of piperidine rings is 1. The van der Waals surface area contributed by atoms with Crippen molar-refractivity contribution in [3.63, 3.8) is 0 Å². The van der Waals surface area contributed by atoms with Gasteiger partial charge in [0.2, 0.25) is 5.91 Å². The second-order valence-electron chi connectivity index (χ2n) is 6.90. The van der Waals surface area contributed by atoms with E-state index in [0.29, 0.717) is 17.9 Å². The van der Waals surface area contributed by atoms with Gasteiger partial charge in [-0.1, -0.05) is 0 Å². The van der Waals surface area contributed by atoms with E-state index in [2.05, 4.69) is 16.5 Å². The van der Waals surface area contributed by atoms with Gasteiger partial charge in [0.25, 0.3) is 0 Å². The summed E-state index contributed by atoms with van der Waals surface area (Å²) in [6, 6.07) is 7.01. The van der Waals surface area contributed by atoms with Crippen molar-refractivity contribution < 1.29 is 14.3 Å². The molecule has 3 rings (SSSR count). The highest BCUT2D eigenvalue weighted by Gasteiger charge is 2.27. The molecule has 2 heterocycles. The van der Waals surface area contributed by atoms with Crippen molar-refractivity contribution in [3.05, 3.63) is 48.0 Å². The zero-order chi connectivity index (χ0) is 19.2. The summed E-state index contributed by atoms with van der Waals surface area (Å²) < 4.78 is 7.25. The van der Waals surface area contributed by atoms with Crippen molar-refractivity contribution in [1.29, 1.82) is 0 Å². The number of amides is 1. The quantitative estimate of drug-likeness (QED) is 0.703. The molecule has 1 aliphatic heterocycles. The molecule has 0 spiro atoms. The van der Waals surface area contributed by atoms with Crippen LogP contribution in [-0.4, -0.2) is 46.3 Å². The van der Waals surface area contributed by atoms with Crippen LogP contribution in [0, 0.1) is 0 Å². The van der Waals surface area contributed by atoms with Crippen LogP contribution in [0.2, 0.25) is 0 Å². The van der Waals surface area contributed by atoms with Crippen LogP contribution in [0.15, 0.2) is 36.7 Å². The second kappa shape index (κ2) is 8.84. The van der Waals surface area contributed by atoms with Gasteiger partial charge in [0.05, 0.1) is 7.11 Å². The summed E-state index contributed by atoms with van der Waals surface area (Å²) in [4.78, 5) is 31.4. The fourth-order valence-corrected chi connectivity index (χ4v) is 3.66. The van der Waals surface area contributed by atoms with Gasteiger partial charge in [0.1, 0.15) is 11.6 Å². The third kappa shape index (κ3) is 4.56. The Hall–Kier alpha value is -2.63. The van der Waals surface area contributed by atoms with Crippen LogP contribution in [0.5, 0.6) is 5.75 Å². The predicted octanol–water partition coefficient (Wildman–Crippen LogP) is 3.28. The Kier molecular flexibility index (Phi) is 6.27. The van der Waals surface area contributed by atoms with Crippen LogP contribution >= 0.6 is 0 Å². The zero-order valence-corrected chi connectivity index (χ0v) is 16.1. The first-order valence-corrected chi connectivity index (χ1v) is 9.58. The molecule has 1 saturated heterocycles. The fraction of sp³-hybridized carbons (Fsp3) is 0.476. The van der Waals surface area contributed by atoms with Crippen molar-refractivity contribution in [2.24, 2.45) is 0 Å². The number of benzene rings is 1. The highest BCUT2D eigenvalue weighted by atomic mass is 16.5. The molecule has 6 heteroatoms. The van der Waals surface area contributed by atoms with Gasteiger partial charge in [0.15, 0.2) is 5.78 Å². The molecule has 27 heavy (non-hydrogen) atoms. The minimum atomic E-state index is -0.0129. The van der Waals surface area contributed by atoms with Gasteiger partial charge in [-0.3, -0.25) is 9.59 Å². The summed E-state index contributed by atoms with van der Waals surface area (Å²) in [6.07, 6.45) is 6.32. The van der Waals surface area contributed by atoms with Crippen LogP contribution in [0.4, 0.5) is 0 Å². The molecule has 1 atom stereocenters. The van der Waals surface area contributed by atoms with Gasteiger partial charge < -0.3 is 14.2 Å². The van der Waals surface area contributed by atoms with Gasteiger partial charge in [-0.05, 0) is 44.0 Å². The number of rotatable bonds is 7. The minimum absolute atomic E-state index is 0.0129. The van der Waals surface area contributed by atoms with Crippen LogP contribution in [0.25, 0.3) is 0 Å².